The molecule has 2 nitrogen and oxygen atoms in total. The molecular formula is C23H42O2. The van der Waals surface area contributed by atoms with Crippen LogP contribution in [0.4, 0.5) is 0 Å². The molecule has 3 unspecified atom stereocenters. The smallest absolute Gasteiger partial charge is 0.0462 e. The lowest BCUT2D eigenvalue weighted by Gasteiger charge is -2.56. The summed E-state index contributed by atoms with van der Waals surface area (Å²) in [6, 6.07) is 0. The van der Waals surface area contributed by atoms with E-state index in [2.05, 4.69) is 6.92 Å². The lowest BCUT2D eigenvalue weighted by Crippen LogP contribution is -2.48. The Morgan fingerprint density at radius 1 is 0.880 bits per heavy atom. The molecule has 25 heavy (non-hydrogen) atoms. The second-order valence-corrected chi connectivity index (χ2v) is 9.67. The molecular weight excluding hydrogens is 308 g/mol. The number of hydrogen-bond donors (Lipinski definition) is 1. The van der Waals surface area contributed by atoms with Crippen molar-refractivity contribution in [2.24, 2.45) is 40.9 Å². The van der Waals surface area contributed by atoms with Gasteiger partial charge >= 0.3 is 0 Å². The zero-order valence-electron chi connectivity index (χ0n) is 17.0. The van der Waals surface area contributed by atoms with Gasteiger partial charge in [0.1, 0.15) is 0 Å². The molecule has 4 rings (SSSR count). The van der Waals surface area contributed by atoms with Crippen molar-refractivity contribution in [1.29, 1.82) is 0 Å². The Morgan fingerprint density at radius 2 is 1.68 bits per heavy atom. The quantitative estimate of drug-likeness (QED) is 0.661. The first kappa shape index (κ1) is 19.7. The van der Waals surface area contributed by atoms with E-state index >= 15 is 0 Å². The summed E-state index contributed by atoms with van der Waals surface area (Å²) in [5.41, 5.74) is 0.677. The molecule has 0 amide bonds. The van der Waals surface area contributed by atoms with Crippen LogP contribution in [0.3, 0.4) is 0 Å². The molecule has 0 aromatic carbocycles. The number of ether oxygens (including phenoxy) is 1. The fourth-order valence-corrected chi connectivity index (χ4v) is 7.89. The summed E-state index contributed by atoms with van der Waals surface area (Å²) < 4.78 is 5.32. The highest BCUT2D eigenvalue weighted by Gasteiger charge is 2.56. The normalized spacial score (nSPS) is 45.6. The van der Waals surface area contributed by atoms with Crippen LogP contribution in [0, 0.1) is 40.9 Å². The van der Waals surface area contributed by atoms with E-state index in [1.54, 1.807) is 44.9 Å². The zero-order valence-corrected chi connectivity index (χ0v) is 17.0. The van der Waals surface area contributed by atoms with Crippen LogP contribution in [0.1, 0.15) is 84.0 Å². The standard InChI is InChI=1S/C22H38O.CH4O/c1-22-14-13-19-18-8-4-3-6-16(18)9-11-20(19)21(22)12-10-17(22)7-5-15-23-2;1-2/h16-21H,3-15H2,1-2H3;2H,1H3/t16-,17?,18-,19?,20+,21?,22+;/m0./s1. The third-order valence-electron chi connectivity index (χ3n) is 8.98. The molecule has 2 heteroatoms. The first-order valence-corrected chi connectivity index (χ1v) is 11.2. The predicted octanol–water partition coefficient (Wildman–Crippen LogP) is 5.68. The van der Waals surface area contributed by atoms with Gasteiger partial charge in [-0.05, 0) is 98.7 Å². The zero-order chi connectivity index (χ0) is 17.9. The fourth-order valence-electron chi connectivity index (χ4n) is 7.89. The van der Waals surface area contributed by atoms with Gasteiger partial charge in [-0.3, -0.25) is 0 Å². The van der Waals surface area contributed by atoms with Crippen LogP contribution in [0.2, 0.25) is 0 Å². The number of aliphatic hydroxyl groups excluding tert-OH is 1. The monoisotopic (exact) mass is 350 g/mol. The SMILES string of the molecule is CO.COCCCC1CCC2[C@@H]3CC[C@@H]4CCCC[C@@H]4C3CC[C@]12C. The average molecular weight is 351 g/mol. The van der Waals surface area contributed by atoms with Crippen molar-refractivity contribution in [2.75, 3.05) is 20.8 Å². The highest BCUT2D eigenvalue weighted by Crippen LogP contribution is 2.64. The topological polar surface area (TPSA) is 29.5 Å². The van der Waals surface area contributed by atoms with E-state index in [0.29, 0.717) is 5.41 Å². The van der Waals surface area contributed by atoms with Gasteiger partial charge in [-0.25, -0.2) is 0 Å². The second-order valence-electron chi connectivity index (χ2n) is 9.67. The van der Waals surface area contributed by atoms with E-state index in [9.17, 15) is 0 Å². The minimum atomic E-state index is 0.677. The van der Waals surface area contributed by atoms with Crippen molar-refractivity contribution in [1.82, 2.24) is 0 Å². The molecule has 146 valence electrons. The maximum absolute atomic E-state index is 7.00. The van der Waals surface area contributed by atoms with E-state index in [1.807, 2.05) is 7.11 Å². The van der Waals surface area contributed by atoms with E-state index in [4.69, 9.17) is 9.84 Å². The van der Waals surface area contributed by atoms with Gasteiger partial charge in [0, 0.05) is 20.8 Å². The molecule has 1 N–H and O–H groups in total. The van der Waals surface area contributed by atoms with Gasteiger partial charge in [0.15, 0.2) is 0 Å². The van der Waals surface area contributed by atoms with Crippen LogP contribution in [0.25, 0.3) is 0 Å². The van der Waals surface area contributed by atoms with Crippen molar-refractivity contribution >= 4 is 0 Å². The molecule has 0 spiro atoms. The Labute approximate surface area is 156 Å². The largest absolute Gasteiger partial charge is 0.400 e. The van der Waals surface area contributed by atoms with Crippen LogP contribution in [0.15, 0.2) is 0 Å². The average Bonchev–Trinajstić information content (AvgIpc) is 3.00. The van der Waals surface area contributed by atoms with Gasteiger partial charge in [-0.2, -0.15) is 0 Å². The molecule has 0 radical (unpaired) electrons. The Morgan fingerprint density at radius 3 is 2.48 bits per heavy atom. The third-order valence-corrected chi connectivity index (χ3v) is 8.98. The Balaban J connectivity index is 0.000000880. The maximum atomic E-state index is 7.00. The van der Waals surface area contributed by atoms with E-state index in [1.165, 1.54) is 32.1 Å². The molecule has 0 heterocycles. The molecule has 0 aromatic heterocycles. The summed E-state index contributed by atoms with van der Waals surface area (Å²) in [7, 11) is 2.85. The number of aliphatic hydroxyl groups is 1. The number of fused-ring (bicyclic) bond motifs is 5. The Kier molecular flexibility index (Phi) is 6.88. The lowest BCUT2D eigenvalue weighted by molar-refractivity contribution is -0.0634. The summed E-state index contributed by atoms with van der Waals surface area (Å²) in [6.07, 6.45) is 18.2. The molecule has 4 fully saturated rings. The molecule has 0 aromatic rings. The number of methoxy groups -OCH3 is 1. The molecule has 4 aliphatic carbocycles. The van der Waals surface area contributed by atoms with E-state index < -0.39 is 0 Å². The molecule has 0 bridgehead atoms. The van der Waals surface area contributed by atoms with Gasteiger partial charge in [0.05, 0.1) is 0 Å². The highest BCUT2D eigenvalue weighted by molar-refractivity contribution is 5.05. The molecule has 4 saturated carbocycles. The first-order valence-electron chi connectivity index (χ1n) is 11.2. The van der Waals surface area contributed by atoms with Gasteiger partial charge in [-0.1, -0.05) is 26.2 Å². The van der Waals surface area contributed by atoms with Crippen molar-refractivity contribution in [3.05, 3.63) is 0 Å². The van der Waals surface area contributed by atoms with Crippen LogP contribution in [0.5, 0.6) is 0 Å². The van der Waals surface area contributed by atoms with Gasteiger partial charge in [-0.15, -0.1) is 0 Å². The minimum absolute atomic E-state index is 0.677. The molecule has 4 aliphatic rings. The summed E-state index contributed by atoms with van der Waals surface area (Å²) >= 11 is 0. The maximum Gasteiger partial charge on any atom is 0.0462 e. The number of rotatable bonds is 4. The summed E-state index contributed by atoms with van der Waals surface area (Å²) in [6.45, 7) is 3.65. The number of hydrogen-bond acceptors (Lipinski definition) is 2. The summed E-state index contributed by atoms with van der Waals surface area (Å²) in [5.74, 6) is 6.52. The predicted molar refractivity (Wildman–Crippen MR) is 104 cm³/mol. The van der Waals surface area contributed by atoms with Gasteiger partial charge in [0.25, 0.3) is 0 Å². The van der Waals surface area contributed by atoms with Crippen molar-refractivity contribution < 1.29 is 9.84 Å². The molecule has 0 saturated heterocycles. The first-order chi connectivity index (χ1) is 12.2. The van der Waals surface area contributed by atoms with Gasteiger partial charge < -0.3 is 9.84 Å². The molecule has 0 aliphatic heterocycles. The lowest BCUT2D eigenvalue weighted by atomic mass is 9.49. The van der Waals surface area contributed by atoms with Gasteiger partial charge in [0.2, 0.25) is 0 Å². The van der Waals surface area contributed by atoms with Crippen molar-refractivity contribution in [2.45, 2.75) is 84.0 Å². The minimum Gasteiger partial charge on any atom is -0.400 e. The molecule has 7 atom stereocenters. The Hall–Kier alpha value is -0.0800. The third kappa shape index (κ3) is 3.68. The Bertz CT molecular complexity index is 409. The summed E-state index contributed by atoms with van der Waals surface area (Å²) in [4.78, 5) is 0. The van der Waals surface area contributed by atoms with Crippen molar-refractivity contribution in [3.63, 3.8) is 0 Å². The fraction of sp³-hybridized carbons (Fsp3) is 1.00. The summed E-state index contributed by atoms with van der Waals surface area (Å²) in [5, 5.41) is 7.00. The van der Waals surface area contributed by atoms with Crippen LogP contribution >= 0.6 is 0 Å². The van der Waals surface area contributed by atoms with Crippen LogP contribution in [-0.4, -0.2) is 25.9 Å². The van der Waals surface area contributed by atoms with Crippen LogP contribution in [-0.2, 0) is 4.74 Å². The van der Waals surface area contributed by atoms with Crippen molar-refractivity contribution in [3.8, 4) is 0 Å². The second kappa shape index (κ2) is 8.74. The van der Waals surface area contributed by atoms with Crippen LogP contribution < -0.4 is 0 Å². The highest BCUT2D eigenvalue weighted by atomic mass is 16.5. The van der Waals surface area contributed by atoms with E-state index in [-0.39, 0.29) is 0 Å². The van der Waals surface area contributed by atoms with E-state index in [0.717, 1.165) is 49.2 Å².